The van der Waals surface area contributed by atoms with Gasteiger partial charge in [0.1, 0.15) is 0 Å². The quantitative estimate of drug-likeness (QED) is 0.455. The highest BCUT2D eigenvalue weighted by molar-refractivity contribution is 5.70. The van der Waals surface area contributed by atoms with Gasteiger partial charge in [0.05, 0.1) is 5.92 Å². The van der Waals surface area contributed by atoms with Crippen LogP contribution < -0.4 is 0 Å². The molecule has 3 saturated carbocycles. The van der Waals surface area contributed by atoms with E-state index < -0.39 is 5.97 Å². The third-order valence-corrected chi connectivity index (χ3v) is 10.4. The lowest BCUT2D eigenvalue weighted by Crippen LogP contribution is -2.49. The Balaban J connectivity index is 1.48. The van der Waals surface area contributed by atoms with Crippen LogP contribution in [0.25, 0.3) is 0 Å². The molecule has 0 spiro atoms. The standard InChI is InChI=1S/C28H44O2/c1-18(2)21(26(29)30)11-9-19(3)23-13-14-24-22-12-10-20-8-6-7-16-27(20,4)25(22)15-17-28(23,24)5/h10,18,21-25H,3,6-9,11-17H2,1-2,4-5H3,(H,29,30)/t21?,22-,23+,24-,25-,27-,28+/m0/s1. The molecule has 3 fully saturated rings. The van der Waals surface area contributed by atoms with Gasteiger partial charge in [0, 0.05) is 0 Å². The molecule has 7 atom stereocenters. The van der Waals surface area contributed by atoms with Crippen molar-refractivity contribution in [2.45, 2.75) is 98.3 Å². The van der Waals surface area contributed by atoms with Gasteiger partial charge in [0.15, 0.2) is 0 Å². The molecule has 4 aliphatic rings. The van der Waals surface area contributed by atoms with Crippen molar-refractivity contribution in [1.82, 2.24) is 0 Å². The van der Waals surface area contributed by atoms with Gasteiger partial charge >= 0.3 is 5.97 Å². The van der Waals surface area contributed by atoms with Crippen LogP contribution in [-0.2, 0) is 4.79 Å². The Morgan fingerprint density at radius 2 is 1.93 bits per heavy atom. The molecule has 0 amide bonds. The Labute approximate surface area is 184 Å². The van der Waals surface area contributed by atoms with Crippen LogP contribution in [-0.4, -0.2) is 11.1 Å². The monoisotopic (exact) mass is 412 g/mol. The molecule has 0 radical (unpaired) electrons. The van der Waals surface area contributed by atoms with Gasteiger partial charge in [0.25, 0.3) is 0 Å². The van der Waals surface area contributed by atoms with E-state index in [1.54, 1.807) is 5.57 Å². The molecule has 0 bridgehead atoms. The number of hydrogen-bond donors (Lipinski definition) is 1. The van der Waals surface area contributed by atoms with E-state index in [0.29, 0.717) is 16.7 Å². The van der Waals surface area contributed by atoms with Crippen molar-refractivity contribution in [2.75, 3.05) is 0 Å². The first-order valence-electron chi connectivity index (χ1n) is 12.8. The van der Waals surface area contributed by atoms with Crippen LogP contribution >= 0.6 is 0 Å². The van der Waals surface area contributed by atoms with Crippen LogP contribution in [0.2, 0.25) is 0 Å². The number of carboxylic acids is 1. The second-order valence-electron chi connectivity index (χ2n) is 12.0. The van der Waals surface area contributed by atoms with Crippen molar-refractivity contribution < 1.29 is 9.90 Å². The number of carboxylic acid groups (broad SMARTS) is 1. The van der Waals surface area contributed by atoms with Crippen molar-refractivity contribution in [3.63, 3.8) is 0 Å². The number of carbonyl (C=O) groups is 1. The Kier molecular flexibility index (Phi) is 6.01. The summed E-state index contributed by atoms with van der Waals surface area (Å²) in [4.78, 5) is 11.6. The summed E-state index contributed by atoms with van der Waals surface area (Å²) in [5, 5.41) is 9.57. The molecule has 0 saturated heterocycles. The lowest BCUT2D eigenvalue weighted by Gasteiger charge is -2.57. The van der Waals surface area contributed by atoms with Crippen molar-refractivity contribution in [2.24, 2.45) is 46.3 Å². The SMILES string of the molecule is C=C(CCC(C(=O)O)C(C)C)[C@H]1CC[C@H]2[C@@H]3CC=C4CCCC[C@]4(C)[C@H]3CC[C@]12C. The molecule has 0 aromatic rings. The predicted molar refractivity (Wildman–Crippen MR) is 124 cm³/mol. The fourth-order valence-corrected chi connectivity index (χ4v) is 8.63. The molecule has 4 rings (SSSR count). The molecule has 168 valence electrons. The number of aliphatic carboxylic acids is 1. The highest BCUT2D eigenvalue weighted by Gasteiger charge is 2.58. The minimum absolute atomic E-state index is 0.192. The molecule has 0 aliphatic heterocycles. The number of hydrogen-bond acceptors (Lipinski definition) is 1. The summed E-state index contributed by atoms with van der Waals surface area (Å²) in [6.45, 7) is 13.8. The van der Waals surface area contributed by atoms with E-state index >= 15 is 0 Å². The maximum Gasteiger partial charge on any atom is 0.306 e. The highest BCUT2D eigenvalue weighted by atomic mass is 16.4. The fourth-order valence-electron chi connectivity index (χ4n) is 8.63. The number of fused-ring (bicyclic) bond motifs is 5. The lowest BCUT2D eigenvalue weighted by molar-refractivity contribution is -0.143. The molecule has 2 nitrogen and oxygen atoms in total. The van der Waals surface area contributed by atoms with E-state index in [1.807, 2.05) is 13.8 Å². The van der Waals surface area contributed by atoms with Crippen LogP contribution in [0.1, 0.15) is 98.3 Å². The minimum atomic E-state index is -0.639. The molecule has 1 unspecified atom stereocenters. The van der Waals surface area contributed by atoms with Gasteiger partial charge in [0.2, 0.25) is 0 Å². The first kappa shape index (κ1) is 22.2. The second kappa shape index (κ2) is 8.14. The maximum absolute atomic E-state index is 11.6. The van der Waals surface area contributed by atoms with Gasteiger partial charge in [-0.2, -0.15) is 0 Å². The van der Waals surface area contributed by atoms with Crippen molar-refractivity contribution >= 4 is 5.97 Å². The third kappa shape index (κ3) is 3.51. The Morgan fingerprint density at radius 3 is 2.63 bits per heavy atom. The van der Waals surface area contributed by atoms with Crippen molar-refractivity contribution in [1.29, 1.82) is 0 Å². The van der Waals surface area contributed by atoms with Crippen LogP contribution in [0.4, 0.5) is 0 Å². The topological polar surface area (TPSA) is 37.3 Å². The minimum Gasteiger partial charge on any atom is -0.481 e. The molecule has 0 aromatic carbocycles. The molecule has 1 N–H and O–H groups in total. The van der Waals surface area contributed by atoms with Gasteiger partial charge in [-0.3, -0.25) is 4.79 Å². The largest absolute Gasteiger partial charge is 0.481 e. The Hall–Kier alpha value is -1.05. The van der Waals surface area contributed by atoms with Crippen molar-refractivity contribution in [3.05, 3.63) is 23.8 Å². The predicted octanol–water partition coefficient (Wildman–Crippen LogP) is 7.65. The van der Waals surface area contributed by atoms with Crippen LogP contribution in [0.5, 0.6) is 0 Å². The maximum atomic E-state index is 11.6. The van der Waals surface area contributed by atoms with Gasteiger partial charge < -0.3 is 5.11 Å². The molecular weight excluding hydrogens is 368 g/mol. The first-order valence-corrected chi connectivity index (χ1v) is 12.8. The molecular formula is C28H44O2. The molecule has 0 heterocycles. The van der Waals surface area contributed by atoms with E-state index in [2.05, 4.69) is 26.5 Å². The van der Waals surface area contributed by atoms with E-state index in [1.165, 1.54) is 63.4 Å². The van der Waals surface area contributed by atoms with Crippen LogP contribution in [0.3, 0.4) is 0 Å². The Bertz CT molecular complexity index is 718. The molecule has 4 aliphatic carbocycles. The van der Waals surface area contributed by atoms with Gasteiger partial charge in [-0.25, -0.2) is 0 Å². The highest BCUT2D eigenvalue weighted by Crippen LogP contribution is 2.67. The fraction of sp³-hybridized carbons (Fsp3) is 0.821. The van der Waals surface area contributed by atoms with Gasteiger partial charge in [-0.1, -0.05) is 57.9 Å². The summed E-state index contributed by atoms with van der Waals surface area (Å²) in [6.07, 6.45) is 16.5. The molecule has 2 heteroatoms. The molecule has 30 heavy (non-hydrogen) atoms. The summed E-state index contributed by atoms with van der Waals surface area (Å²) in [6, 6.07) is 0. The van der Waals surface area contributed by atoms with Crippen LogP contribution in [0.15, 0.2) is 23.8 Å². The zero-order valence-electron chi connectivity index (χ0n) is 19.9. The smallest absolute Gasteiger partial charge is 0.306 e. The zero-order valence-corrected chi connectivity index (χ0v) is 19.9. The third-order valence-electron chi connectivity index (χ3n) is 10.4. The lowest BCUT2D eigenvalue weighted by atomic mass is 9.47. The average molecular weight is 413 g/mol. The summed E-state index contributed by atoms with van der Waals surface area (Å²) in [5.74, 6) is 2.48. The van der Waals surface area contributed by atoms with Crippen molar-refractivity contribution in [3.8, 4) is 0 Å². The summed E-state index contributed by atoms with van der Waals surface area (Å²) < 4.78 is 0. The van der Waals surface area contributed by atoms with E-state index in [9.17, 15) is 9.90 Å². The molecule has 0 aromatic heterocycles. The van der Waals surface area contributed by atoms with E-state index in [-0.39, 0.29) is 11.8 Å². The normalized spacial score (nSPS) is 41.4. The van der Waals surface area contributed by atoms with Gasteiger partial charge in [-0.05, 0) is 105 Å². The number of rotatable bonds is 6. The average Bonchev–Trinajstić information content (AvgIpc) is 3.04. The second-order valence-corrected chi connectivity index (χ2v) is 12.0. The van der Waals surface area contributed by atoms with E-state index in [0.717, 1.165) is 30.6 Å². The Morgan fingerprint density at radius 1 is 1.17 bits per heavy atom. The first-order chi connectivity index (χ1) is 14.2. The van der Waals surface area contributed by atoms with Crippen LogP contribution in [0, 0.1) is 46.3 Å². The van der Waals surface area contributed by atoms with Gasteiger partial charge in [-0.15, -0.1) is 0 Å². The summed E-state index contributed by atoms with van der Waals surface area (Å²) in [5.41, 5.74) is 4.00. The summed E-state index contributed by atoms with van der Waals surface area (Å²) >= 11 is 0. The summed E-state index contributed by atoms with van der Waals surface area (Å²) in [7, 11) is 0. The number of allylic oxidation sites excluding steroid dienone is 3. The van der Waals surface area contributed by atoms with E-state index in [4.69, 9.17) is 0 Å². The zero-order chi connectivity index (χ0) is 21.7.